The molecule has 0 amide bonds. The first kappa shape index (κ1) is 11.3. The highest BCUT2D eigenvalue weighted by Crippen LogP contribution is 2.09. The molecule has 15 heavy (non-hydrogen) atoms. The molecule has 0 saturated heterocycles. The first-order valence-electron chi connectivity index (χ1n) is 4.84. The van der Waals surface area contributed by atoms with E-state index in [1.54, 1.807) is 37.3 Å². The quantitative estimate of drug-likeness (QED) is 0.431. The van der Waals surface area contributed by atoms with E-state index >= 15 is 0 Å². The molecule has 0 unspecified atom stereocenters. The van der Waals surface area contributed by atoms with Crippen molar-refractivity contribution in [3.8, 4) is 5.75 Å². The Balaban J connectivity index is 2.45. The van der Waals surface area contributed by atoms with E-state index in [2.05, 4.69) is 4.89 Å². The predicted octanol–water partition coefficient (Wildman–Crippen LogP) is 2.88. The molecule has 0 N–H and O–H groups in total. The van der Waals surface area contributed by atoms with Crippen LogP contribution in [0.3, 0.4) is 0 Å². The third-order valence-corrected chi connectivity index (χ3v) is 1.79. The summed E-state index contributed by atoms with van der Waals surface area (Å²) < 4.78 is 0. The lowest BCUT2D eigenvalue weighted by molar-refractivity contribution is -0.208. The molecule has 0 aliphatic heterocycles. The smallest absolute Gasteiger partial charge is 0.287 e. The number of hydrogen-bond acceptors (Lipinski definition) is 3. The summed E-state index contributed by atoms with van der Waals surface area (Å²) in [4.78, 5) is 20.8. The number of allylic oxidation sites excluding steroid dienone is 1. The van der Waals surface area contributed by atoms with Crippen molar-refractivity contribution in [2.24, 2.45) is 0 Å². The normalized spacial score (nSPS) is 10.9. The van der Waals surface area contributed by atoms with Crippen molar-refractivity contribution >= 4 is 5.97 Å². The fraction of sp³-hybridized carbons (Fsp3) is 0.250. The van der Waals surface area contributed by atoms with E-state index < -0.39 is 5.97 Å². The van der Waals surface area contributed by atoms with Crippen LogP contribution in [0.4, 0.5) is 0 Å². The molecule has 0 spiro atoms. The number of hydrogen-bond donors (Lipinski definition) is 0. The lowest BCUT2D eigenvalue weighted by atomic mass is 10.2. The van der Waals surface area contributed by atoms with Gasteiger partial charge in [-0.25, -0.2) is 9.68 Å². The third-order valence-electron chi connectivity index (χ3n) is 1.79. The number of para-hydroxylation sites is 1. The molecule has 1 aromatic carbocycles. The van der Waals surface area contributed by atoms with E-state index in [0.29, 0.717) is 11.3 Å². The van der Waals surface area contributed by atoms with Crippen LogP contribution < -0.4 is 4.89 Å². The molecular formula is C12H14O3. The maximum Gasteiger partial charge on any atom is 0.381 e. The van der Waals surface area contributed by atoms with E-state index in [-0.39, 0.29) is 0 Å². The van der Waals surface area contributed by atoms with Crippen LogP contribution in [0.25, 0.3) is 0 Å². The summed E-state index contributed by atoms with van der Waals surface area (Å²) in [5.41, 5.74) is 0.549. The molecule has 1 rings (SSSR count). The van der Waals surface area contributed by atoms with Gasteiger partial charge < -0.3 is 0 Å². The van der Waals surface area contributed by atoms with E-state index in [1.165, 1.54) is 0 Å². The summed E-state index contributed by atoms with van der Waals surface area (Å²) in [6, 6.07) is 8.89. The van der Waals surface area contributed by atoms with Crippen LogP contribution in [-0.2, 0) is 9.68 Å². The molecule has 0 atom stereocenters. The van der Waals surface area contributed by atoms with Gasteiger partial charge in [0.1, 0.15) is 0 Å². The first-order chi connectivity index (χ1) is 7.24. The fourth-order valence-corrected chi connectivity index (χ4v) is 1.02. The van der Waals surface area contributed by atoms with Gasteiger partial charge in [0.15, 0.2) is 5.75 Å². The maximum atomic E-state index is 11.3. The largest absolute Gasteiger partial charge is 0.381 e. The fourth-order valence-electron chi connectivity index (χ4n) is 1.02. The Morgan fingerprint density at radius 3 is 2.60 bits per heavy atom. The van der Waals surface area contributed by atoms with E-state index in [9.17, 15) is 4.79 Å². The second-order valence-electron chi connectivity index (χ2n) is 3.06. The zero-order valence-electron chi connectivity index (χ0n) is 8.90. The summed E-state index contributed by atoms with van der Waals surface area (Å²) in [6.07, 6.45) is 2.59. The number of benzene rings is 1. The van der Waals surface area contributed by atoms with Crippen LogP contribution in [0.5, 0.6) is 5.75 Å². The Hall–Kier alpha value is -1.77. The zero-order valence-corrected chi connectivity index (χ0v) is 8.90. The van der Waals surface area contributed by atoms with Crippen LogP contribution in [-0.4, -0.2) is 5.97 Å². The molecule has 1 aromatic rings. The van der Waals surface area contributed by atoms with Gasteiger partial charge in [-0.05, 0) is 25.5 Å². The van der Waals surface area contributed by atoms with E-state index in [1.807, 2.05) is 13.0 Å². The number of carbonyl (C=O) groups excluding carboxylic acids is 1. The summed E-state index contributed by atoms with van der Waals surface area (Å²) in [5.74, 6) is 0.0517. The minimum atomic E-state index is -0.458. The highest BCUT2D eigenvalue weighted by Gasteiger charge is 2.06. The standard InChI is InChI=1S/C12H14O3/c1-3-7-10(2)12(13)15-14-11-8-5-4-6-9-11/h4-9H,3H2,1-2H3. The summed E-state index contributed by atoms with van der Waals surface area (Å²) >= 11 is 0. The van der Waals surface area contributed by atoms with Crippen LogP contribution in [0, 0.1) is 0 Å². The topological polar surface area (TPSA) is 35.5 Å². The molecule has 0 saturated carbocycles. The van der Waals surface area contributed by atoms with Gasteiger partial charge in [-0.2, -0.15) is 0 Å². The Morgan fingerprint density at radius 1 is 1.33 bits per heavy atom. The lowest BCUT2D eigenvalue weighted by Gasteiger charge is -2.03. The van der Waals surface area contributed by atoms with Crippen LogP contribution in [0.15, 0.2) is 42.0 Å². The van der Waals surface area contributed by atoms with Gasteiger partial charge in [-0.3, -0.25) is 4.89 Å². The van der Waals surface area contributed by atoms with Crippen molar-refractivity contribution in [1.29, 1.82) is 0 Å². The minimum Gasteiger partial charge on any atom is -0.287 e. The molecule has 0 bridgehead atoms. The van der Waals surface area contributed by atoms with E-state index in [4.69, 9.17) is 4.89 Å². The van der Waals surface area contributed by atoms with Crippen molar-refractivity contribution in [2.75, 3.05) is 0 Å². The molecule has 3 heteroatoms. The predicted molar refractivity (Wildman–Crippen MR) is 57.2 cm³/mol. The van der Waals surface area contributed by atoms with E-state index in [0.717, 1.165) is 6.42 Å². The highest BCUT2D eigenvalue weighted by molar-refractivity contribution is 5.87. The monoisotopic (exact) mass is 206 g/mol. The Morgan fingerprint density at radius 2 is 2.00 bits per heavy atom. The van der Waals surface area contributed by atoms with Gasteiger partial charge in [0.2, 0.25) is 0 Å². The molecule has 3 nitrogen and oxygen atoms in total. The molecule has 0 aliphatic carbocycles. The van der Waals surface area contributed by atoms with Crippen molar-refractivity contribution in [3.05, 3.63) is 42.0 Å². The molecular weight excluding hydrogens is 192 g/mol. The van der Waals surface area contributed by atoms with Crippen LogP contribution >= 0.6 is 0 Å². The summed E-state index contributed by atoms with van der Waals surface area (Å²) in [7, 11) is 0. The molecule has 0 aromatic heterocycles. The zero-order chi connectivity index (χ0) is 11.1. The van der Waals surface area contributed by atoms with Crippen LogP contribution in [0.1, 0.15) is 20.3 Å². The lowest BCUT2D eigenvalue weighted by Crippen LogP contribution is -2.08. The number of rotatable bonds is 4. The van der Waals surface area contributed by atoms with Crippen molar-refractivity contribution in [2.45, 2.75) is 20.3 Å². The Labute approximate surface area is 89.2 Å². The van der Waals surface area contributed by atoms with Crippen molar-refractivity contribution in [3.63, 3.8) is 0 Å². The van der Waals surface area contributed by atoms with Crippen molar-refractivity contribution < 1.29 is 14.6 Å². The van der Waals surface area contributed by atoms with Gasteiger partial charge in [-0.15, -0.1) is 0 Å². The van der Waals surface area contributed by atoms with Gasteiger partial charge in [-0.1, -0.05) is 31.2 Å². The van der Waals surface area contributed by atoms with Gasteiger partial charge >= 0.3 is 5.97 Å². The third kappa shape index (κ3) is 3.85. The van der Waals surface area contributed by atoms with Crippen LogP contribution in [0.2, 0.25) is 0 Å². The second-order valence-corrected chi connectivity index (χ2v) is 3.06. The van der Waals surface area contributed by atoms with Gasteiger partial charge in [0.25, 0.3) is 0 Å². The Kier molecular flexibility index (Phi) is 4.41. The second kappa shape index (κ2) is 5.86. The highest BCUT2D eigenvalue weighted by atomic mass is 17.2. The molecule has 0 heterocycles. The average molecular weight is 206 g/mol. The Bertz CT molecular complexity index is 341. The minimum absolute atomic E-state index is 0.458. The first-order valence-corrected chi connectivity index (χ1v) is 4.84. The summed E-state index contributed by atoms with van der Waals surface area (Å²) in [6.45, 7) is 3.65. The summed E-state index contributed by atoms with van der Waals surface area (Å²) in [5, 5.41) is 0. The molecule has 80 valence electrons. The van der Waals surface area contributed by atoms with Crippen molar-refractivity contribution in [1.82, 2.24) is 0 Å². The maximum absolute atomic E-state index is 11.3. The molecule has 0 fully saturated rings. The molecule has 0 aliphatic rings. The average Bonchev–Trinajstić information content (AvgIpc) is 2.27. The number of carbonyl (C=O) groups is 1. The molecule has 0 radical (unpaired) electrons. The SMILES string of the molecule is CCC=C(C)C(=O)OOc1ccccc1. The van der Waals surface area contributed by atoms with Gasteiger partial charge in [0.05, 0.1) is 0 Å². The van der Waals surface area contributed by atoms with Gasteiger partial charge in [0, 0.05) is 5.57 Å².